The van der Waals surface area contributed by atoms with Gasteiger partial charge in [0.1, 0.15) is 0 Å². The molecular formula is C10H15BrO2. The number of alkyl halides is 1. The van der Waals surface area contributed by atoms with Crippen molar-refractivity contribution >= 4 is 15.9 Å². The summed E-state index contributed by atoms with van der Waals surface area (Å²) in [6, 6.07) is 0. The van der Waals surface area contributed by atoms with Crippen LogP contribution >= 0.6 is 15.9 Å². The first-order valence-electron chi connectivity index (χ1n) is 4.27. The molecule has 0 N–H and O–H groups in total. The van der Waals surface area contributed by atoms with Crippen LogP contribution in [0.1, 0.15) is 6.92 Å². The highest BCUT2D eigenvalue weighted by molar-refractivity contribution is 9.09. The topological polar surface area (TPSA) is 18.5 Å². The second-order valence-corrected chi connectivity index (χ2v) is 3.84. The molecule has 0 fully saturated rings. The molecule has 0 aromatic rings. The average Bonchev–Trinajstić information content (AvgIpc) is 2.16. The number of halogens is 1. The summed E-state index contributed by atoms with van der Waals surface area (Å²) < 4.78 is 10.9. The first-order valence-corrected chi connectivity index (χ1v) is 5.39. The summed E-state index contributed by atoms with van der Waals surface area (Å²) in [5.41, 5.74) is 1.07. The maximum Gasteiger partial charge on any atom is 0.167 e. The molecule has 3 heteroatoms. The quantitative estimate of drug-likeness (QED) is 0.563. The third kappa shape index (κ3) is 2.66. The van der Waals surface area contributed by atoms with Crippen LogP contribution in [0, 0.1) is 5.92 Å². The van der Waals surface area contributed by atoms with E-state index in [1.54, 1.807) is 7.11 Å². The maximum absolute atomic E-state index is 5.64. The van der Waals surface area contributed by atoms with E-state index in [-0.39, 0.29) is 18.3 Å². The maximum atomic E-state index is 5.64. The van der Waals surface area contributed by atoms with Crippen LogP contribution in [0.5, 0.6) is 0 Å². The first kappa shape index (κ1) is 11.0. The van der Waals surface area contributed by atoms with E-state index in [9.17, 15) is 0 Å². The second kappa shape index (κ2) is 4.94. The van der Waals surface area contributed by atoms with Gasteiger partial charge in [0.25, 0.3) is 0 Å². The Kier molecular flexibility index (Phi) is 4.16. The highest BCUT2D eigenvalue weighted by atomic mass is 79.9. The van der Waals surface area contributed by atoms with Crippen molar-refractivity contribution in [2.75, 3.05) is 12.4 Å². The zero-order valence-electron chi connectivity index (χ0n) is 8.00. The van der Waals surface area contributed by atoms with Crippen molar-refractivity contribution in [2.45, 2.75) is 19.3 Å². The Balaban J connectivity index is 2.70. The van der Waals surface area contributed by atoms with Crippen molar-refractivity contribution in [1.82, 2.24) is 0 Å². The van der Waals surface area contributed by atoms with E-state index in [2.05, 4.69) is 28.6 Å². The van der Waals surface area contributed by atoms with Gasteiger partial charge in [-0.05, 0) is 6.92 Å². The summed E-state index contributed by atoms with van der Waals surface area (Å²) in [6.07, 6.45) is 4.07. The molecule has 1 aliphatic heterocycles. The summed E-state index contributed by atoms with van der Waals surface area (Å²) in [6.45, 7) is 5.89. The lowest BCUT2D eigenvalue weighted by molar-refractivity contribution is -0.159. The van der Waals surface area contributed by atoms with Crippen LogP contribution in [0.3, 0.4) is 0 Å². The van der Waals surface area contributed by atoms with Crippen molar-refractivity contribution < 1.29 is 9.47 Å². The minimum atomic E-state index is -0.190. The SMILES string of the molecule is C=C(C)[C@H]1C=C[C@@H](CBr)O[C@@H]1OC. The Morgan fingerprint density at radius 2 is 2.31 bits per heavy atom. The summed E-state index contributed by atoms with van der Waals surface area (Å²) in [7, 11) is 1.66. The van der Waals surface area contributed by atoms with Crippen molar-refractivity contribution in [2.24, 2.45) is 5.92 Å². The van der Waals surface area contributed by atoms with Crippen molar-refractivity contribution in [3.8, 4) is 0 Å². The van der Waals surface area contributed by atoms with Crippen LogP contribution in [-0.4, -0.2) is 24.8 Å². The van der Waals surface area contributed by atoms with E-state index in [0.29, 0.717) is 0 Å². The van der Waals surface area contributed by atoms with Gasteiger partial charge in [0.2, 0.25) is 0 Å². The minimum absolute atomic E-state index is 0.112. The molecule has 13 heavy (non-hydrogen) atoms. The molecular weight excluding hydrogens is 232 g/mol. The van der Waals surface area contributed by atoms with E-state index in [1.807, 2.05) is 13.0 Å². The van der Waals surface area contributed by atoms with Crippen molar-refractivity contribution in [1.29, 1.82) is 0 Å². The molecule has 1 heterocycles. The number of rotatable bonds is 3. The van der Waals surface area contributed by atoms with Gasteiger partial charge in [0.15, 0.2) is 6.29 Å². The van der Waals surface area contributed by atoms with Gasteiger partial charge in [-0.2, -0.15) is 0 Å². The number of hydrogen-bond donors (Lipinski definition) is 0. The Morgan fingerprint density at radius 1 is 1.62 bits per heavy atom. The Bertz CT molecular complexity index is 213. The third-order valence-electron chi connectivity index (χ3n) is 2.09. The molecule has 0 radical (unpaired) electrons. The fourth-order valence-corrected chi connectivity index (χ4v) is 1.69. The zero-order valence-corrected chi connectivity index (χ0v) is 9.58. The van der Waals surface area contributed by atoms with Crippen molar-refractivity contribution in [3.63, 3.8) is 0 Å². The van der Waals surface area contributed by atoms with Gasteiger partial charge < -0.3 is 9.47 Å². The zero-order chi connectivity index (χ0) is 9.84. The predicted molar refractivity (Wildman–Crippen MR) is 56.9 cm³/mol. The van der Waals surface area contributed by atoms with Crippen LogP contribution in [0.15, 0.2) is 24.3 Å². The van der Waals surface area contributed by atoms with Crippen LogP contribution in [0.4, 0.5) is 0 Å². The van der Waals surface area contributed by atoms with E-state index >= 15 is 0 Å². The van der Waals surface area contributed by atoms with Gasteiger partial charge in [-0.3, -0.25) is 0 Å². The summed E-state index contributed by atoms with van der Waals surface area (Å²) >= 11 is 3.37. The van der Waals surface area contributed by atoms with Gasteiger partial charge >= 0.3 is 0 Å². The predicted octanol–water partition coefficient (Wildman–Crippen LogP) is 2.50. The third-order valence-corrected chi connectivity index (χ3v) is 2.73. The fraction of sp³-hybridized carbons (Fsp3) is 0.600. The molecule has 0 aromatic carbocycles. The molecule has 0 spiro atoms. The van der Waals surface area contributed by atoms with E-state index in [1.165, 1.54) is 0 Å². The molecule has 74 valence electrons. The molecule has 0 amide bonds. The fourth-order valence-electron chi connectivity index (χ4n) is 1.32. The first-order chi connectivity index (χ1) is 6.19. The Labute approximate surface area is 87.7 Å². The second-order valence-electron chi connectivity index (χ2n) is 3.19. The van der Waals surface area contributed by atoms with Gasteiger partial charge in [-0.1, -0.05) is 40.2 Å². The molecule has 3 atom stereocenters. The highest BCUT2D eigenvalue weighted by Crippen LogP contribution is 2.25. The van der Waals surface area contributed by atoms with Gasteiger partial charge in [0.05, 0.1) is 6.10 Å². The molecule has 0 aliphatic carbocycles. The molecule has 0 saturated carbocycles. The summed E-state index contributed by atoms with van der Waals surface area (Å²) in [5, 5.41) is 0.798. The van der Waals surface area contributed by atoms with Crippen LogP contribution < -0.4 is 0 Å². The van der Waals surface area contributed by atoms with Gasteiger partial charge in [-0.15, -0.1) is 0 Å². The van der Waals surface area contributed by atoms with E-state index < -0.39 is 0 Å². The van der Waals surface area contributed by atoms with Crippen LogP contribution in [-0.2, 0) is 9.47 Å². The number of hydrogen-bond acceptors (Lipinski definition) is 2. The van der Waals surface area contributed by atoms with Crippen LogP contribution in [0.2, 0.25) is 0 Å². The normalized spacial score (nSPS) is 33.3. The molecule has 1 rings (SSSR count). The standard InChI is InChI=1S/C10H15BrO2/c1-7(2)9-5-4-8(6-11)13-10(9)12-3/h4-5,8-10H,1,6H2,2-3H3/t8-,9+,10-/m0/s1. The Hall–Kier alpha value is -0.120. The van der Waals surface area contributed by atoms with Gasteiger partial charge in [0, 0.05) is 18.4 Å². The minimum Gasteiger partial charge on any atom is -0.355 e. The molecule has 0 bridgehead atoms. The summed E-state index contributed by atoms with van der Waals surface area (Å²) in [5.74, 6) is 0.181. The summed E-state index contributed by atoms with van der Waals surface area (Å²) in [4.78, 5) is 0. The highest BCUT2D eigenvalue weighted by Gasteiger charge is 2.26. The molecule has 0 aromatic heterocycles. The van der Waals surface area contributed by atoms with Crippen molar-refractivity contribution in [3.05, 3.63) is 24.3 Å². The van der Waals surface area contributed by atoms with E-state index in [4.69, 9.17) is 9.47 Å². The van der Waals surface area contributed by atoms with E-state index in [0.717, 1.165) is 10.9 Å². The van der Waals surface area contributed by atoms with Gasteiger partial charge in [-0.25, -0.2) is 0 Å². The van der Waals surface area contributed by atoms with Crippen LogP contribution in [0.25, 0.3) is 0 Å². The monoisotopic (exact) mass is 246 g/mol. The molecule has 1 aliphatic rings. The average molecular weight is 247 g/mol. The number of methoxy groups -OCH3 is 1. The largest absolute Gasteiger partial charge is 0.355 e. The molecule has 0 unspecified atom stereocenters. The lowest BCUT2D eigenvalue weighted by atomic mass is 9.98. The smallest absolute Gasteiger partial charge is 0.167 e. The lowest BCUT2D eigenvalue weighted by Gasteiger charge is -2.30. The Morgan fingerprint density at radius 3 is 2.77 bits per heavy atom. The molecule has 0 saturated heterocycles. The lowest BCUT2D eigenvalue weighted by Crippen LogP contribution is -2.34. The molecule has 2 nitrogen and oxygen atoms in total. The number of ether oxygens (including phenoxy) is 2.